The van der Waals surface area contributed by atoms with E-state index in [0.717, 1.165) is 29.1 Å². The molecular weight excluding hydrogens is 272 g/mol. The Morgan fingerprint density at radius 1 is 1.05 bits per heavy atom. The maximum atomic E-state index is 12.4. The van der Waals surface area contributed by atoms with Crippen LogP contribution < -0.4 is 4.74 Å². The number of carbonyl (C=O) groups excluding carboxylic acids is 1. The summed E-state index contributed by atoms with van der Waals surface area (Å²) in [5.74, 6) is 3.69. The number of methoxy groups -OCH3 is 1. The van der Waals surface area contributed by atoms with Gasteiger partial charge < -0.3 is 4.74 Å². The molecule has 0 aromatic heterocycles. The Labute approximate surface area is 132 Å². The van der Waals surface area contributed by atoms with Gasteiger partial charge in [-0.2, -0.15) is 0 Å². The summed E-state index contributed by atoms with van der Waals surface area (Å²) in [4.78, 5) is 12.4. The zero-order valence-corrected chi connectivity index (χ0v) is 13.3. The summed E-state index contributed by atoms with van der Waals surface area (Å²) in [5.41, 5.74) is 1.08. The molecule has 1 aromatic carbocycles. The van der Waals surface area contributed by atoms with Crippen LogP contribution in [-0.4, -0.2) is 12.9 Å². The lowest BCUT2D eigenvalue weighted by atomic mass is 9.49. The predicted octanol–water partition coefficient (Wildman–Crippen LogP) is 4.65. The third-order valence-corrected chi connectivity index (χ3v) is 6.05. The fourth-order valence-corrected chi connectivity index (χ4v) is 5.49. The molecular formula is C20H24O2. The highest BCUT2D eigenvalue weighted by molar-refractivity contribution is 6.04. The number of carbonyl (C=O) groups is 1. The van der Waals surface area contributed by atoms with Crippen molar-refractivity contribution in [3.05, 3.63) is 42.0 Å². The second kappa shape index (κ2) is 5.26. The van der Waals surface area contributed by atoms with E-state index in [-0.39, 0.29) is 5.78 Å². The summed E-state index contributed by atoms with van der Waals surface area (Å²) in [6.07, 6.45) is 12.4. The molecule has 22 heavy (non-hydrogen) atoms. The van der Waals surface area contributed by atoms with Crippen LogP contribution in [0.15, 0.2) is 36.4 Å². The molecule has 4 fully saturated rings. The van der Waals surface area contributed by atoms with Crippen LogP contribution in [0.25, 0.3) is 0 Å². The molecule has 2 heteroatoms. The number of ether oxygens (including phenoxy) is 1. The summed E-state index contributed by atoms with van der Waals surface area (Å²) in [7, 11) is 1.64. The van der Waals surface area contributed by atoms with Gasteiger partial charge in [0.2, 0.25) is 0 Å². The zero-order chi connectivity index (χ0) is 15.2. The Morgan fingerprint density at radius 3 is 2.09 bits per heavy atom. The SMILES string of the molecule is COc1ccc(C(=O)C=CC23CC4CC(CC(C4)C2)C3)cc1. The van der Waals surface area contributed by atoms with Crippen LogP contribution in [0, 0.1) is 23.2 Å². The molecule has 0 saturated heterocycles. The van der Waals surface area contributed by atoms with E-state index in [1.54, 1.807) is 7.11 Å². The van der Waals surface area contributed by atoms with Gasteiger partial charge in [-0.15, -0.1) is 0 Å². The average Bonchev–Trinajstić information content (AvgIpc) is 2.51. The van der Waals surface area contributed by atoms with E-state index in [0.29, 0.717) is 5.41 Å². The first-order valence-electron chi connectivity index (χ1n) is 8.53. The molecule has 0 spiro atoms. The molecule has 0 atom stereocenters. The van der Waals surface area contributed by atoms with E-state index in [9.17, 15) is 4.79 Å². The highest BCUT2D eigenvalue weighted by Gasteiger charge is 2.49. The number of allylic oxidation sites excluding steroid dienone is 2. The van der Waals surface area contributed by atoms with Crippen molar-refractivity contribution in [3.63, 3.8) is 0 Å². The molecule has 116 valence electrons. The van der Waals surface area contributed by atoms with E-state index in [2.05, 4.69) is 6.08 Å². The average molecular weight is 296 g/mol. The predicted molar refractivity (Wildman–Crippen MR) is 87.1 cm³/mol. The number of hydrogen-bond donors (Lipinski definition) is 0. The Kier molecular flexibility index (Phi) is 3.36. The molecule has 4 bridgehead atoms. The summed E-state index contributed by atoms with van der Waals surface area (Å²) in [6, 6.07) is 7.41. The molecule has 0 heterocycles. The molecule has 0 unspecified atom stereocenters. The Hall–Kier alpha value is -1.57. The largest absolute Gasteiger partial charge is 0.497 e. The Bertz CT molecular complexity index is 561. The molecule has 1 aromatic rings. The van der Waals surface area contributed by atoms with Crippen LogP contribution >= 0.6 is 0 Å². The van der Waals surface area contributed by atoms with E-state index >= 15 is 0 Å². The van der Waals surface area contributed by atoms with Gasteiger partial charge in [0, 0.05) is 5.56 Å². The lowest BCUT2D eigenvalue weighted by Crippen LogP contribution is -2.45. The maximum Gasteiger partial charge on any atom is 0.185 e. The lowest BCUT2D eigenvalue weighted by Gasteiger charge is -2.55. The standard InChI is InChI=1S/C20H24O2/c1-22-18-4-2-17(3-5-18)19(21)6-7-20-11-14-8-15(12-20)10-16(9-14)13-20/h2-7,14-16H,8-13H2,1H3. The summed E-state index contributed by atoms with van der Waals surface area (Å²) >= 11 is 0. The van der Waals surface area contributed by atoms with Crippen LogP contribution in [0.4, 0.5) is 0 Å². The summed E-state index contributed by atoms with van der Waals surface area (Å²) < 4.78 is 5.14. The normalized spacial score (nSPS) is 36.0. The molecule has 0 radical (unpaired) electrons. The fraction of sp³-hybridized carbons (Fsp3) is 0.550. The monoisotopic (exact) mass is 296 g/mol. The lowest BCUT2D eigenvalue weighted by molar-refractivity contribution is -0.0238. The number of rotatable bonds is 4. The van der Waals surface area contributed by atoms with Gasteiger partial charge in [-0.1, -0.05) is 6.08 Å². The second-order valence-electron chi connectivity index (χ2n) is 7.71. The molecule has 0 N–H and O–H groups in total. The molecule has 5 rings (SSSR count). The van der Waals surface area contributed by atoms with Crippen molar-refractivity contribution in [3.8, 4) is 5.75 Å². The van der Waals surface area contributed by atoms with Crippen molar-refractivity contribution < 1.29 is 9.53 Å². The quantitative estimate of drug-likeness (QED) is 0.597. The molecule has 0 aliphatic heterocycles. The number of ketones is 1. The minimum atomic E-state index is 0.124. The molecule has 4 aliphatic carbocycles. The van der Waals surface area contributed by atoms with Crippen molar-refractivity contribution in [2.45, 2.75) is 38.5 Å². The second-order valence-corrected chi connectivity index (χ2v) is 7.71. The number of benzene rings is 1. The summed E-state index contributed by atoms with van der Waals surface area (Å²) in [5, 5.41) is 0. The van der Waals surface area contributed by atoms with Gasteiger partial charge in [0.1, 0.15) is 5.75 Å². The first kappa shape index (κ1) is 14.0. The van der Waals surface area contributed by atoms with E-state index in [1.165, 1.54) is 38.5 Å². The molecule has 0 amide bonds. The van der Waals surface area contributed by atoms with Gasteiger partial charge >= 0.3 is 0 Å². The molecule has 4 aliphatic rings. The Balaban J connectivity index is 1.50. The van der Waals surface area contributed by atoms with Crippen molar-refractivity contribution in [2.24, 2.45) is 23.2 Å². The highest BCUT2D eigenvalue weighted by Crippen LogP contribution is 2.60. The smallest absolute Gasteiger partial charge is 0.185 e. The van der Waals surface area contributed by atoms with E-state index < -0.39 is 0 Å². The van der Waals surface area contributed by atoms with Crippen molar-refractivity contribution in [2.75, 3.05) is 7.11 Å². The van der Waals surface area contributed by atoms with Gasteiger partial charge in [-0.25, -0.2) is 0 Å². The van der Waals surface area contributed by atoms with E-state index in [1.807, 2.05) is 30.3 Å². The topological polar surface area (TPSA) is 26.3 Å². The highest BCUT2D eigenvalue weighted by atomic mass is 16.5. The van der Waals surface area contributed by atoms with Crippen LogP contribution in [0.1, 0.15) is 48.9 Å². The Morgan fingerprint density at radius 2 is 1.59 bits per heavy atom. The number of hydrogen-bond acceptors (Lipinski definition) is 2. The zero-order valence-electron chi connectivity index (χ0n) is 13.3. The minimum Gasteiger partial charge on any atom is -0.497 e. The van der Waals surface area contributed by atoms with Gasteiger partial charge in [0.15, 0.2) is 5.78 Å². The van der Waals surface area contributed by atoms with Crippen LogP contribution in [-0.2, 0) is 0 Å². The van der Waals surface area contributed by atoms with E-state index in [4.69, 9.17) is 4.74 Å². The van der Waals surface area contributed by atoms with Crippen LogP contribution in [0.2, 0.25) is 0 Å². The van der Waals surface area contributed by atoms with Gasteiger partial charge in [0.05, 0.1) is 7.11 Å². The van der Waals surface area contributed by atoms with Crippen LogP contribution in [0.3, 0.4) is 0 Å². The van der Waals surface area contributed by atoms with Gasteiger partial charge in [0.25, 0.3) is 0 Å². The van der Waals surface area contributed by atoms with Crippen LogP contribution in [0.5, 0.6) is 5.75 Å². The first-order chi connectivity index (χ1) is 10.7. The third-order valence-electron chi connectivity index (χ3n) is 6.05. The third kappa shape index (κ3) is 2.49. The first-order valence-corrected chi connectivity index (χ1v) is 8.53. The van der Waals surface area contributed by atoms with Gasteiger partial charge in [-0.05, 0) is 92.0 Å². The van der Waals surface area contributed by atoms with Crippen molar-refractivity contribution in [1.29, 1.82) is 0 Å². The maximum absolute atomic E-state index is 12.4. The molecule has 4 saturated carbocycles. The molecule has 2 nitrogen and oxygen atoms in total. The fourth-order valence-electron chi connectivity index (χ4n) is 5.49. The van der Waals surface area contributed by atoms with Gasteiger partial charge in [-0.3, -0.25) is 4.79 Å². The minimum absolute atomic E-state index is 0.124. The van der Waals surface area contributed by atoms with Crippen molar-refractivity contribution >= 4 is 5.78 Å². The van der Waals surface area contributed by atoms with Crippen molar-refractivity contribution in [1.82, 2.24) is 0 Å². The summed E-state index contributed by atoms with van der Waals surface area (Å²) in [6.45, 7) is 0.